The van der Waals surface area contributed by atoms with Crippen molar-refractivity contribution < 1.29 is 26.0 Å². The fourth-order valence-electron chi connectivity index (χ4n) is 1.34. The molecule has 9 heteroatoms. The molecule has 0 heterocycles. The number of halogens is 5. The molecule has 0 radical (unpaired) electrons. The van der Waals surface area contributed by atoms with Gasteiger partial charge in [0.25, 0.3) is 6.43 Å². The van der Waals surface area contributed by atoms with Gasteiger partial charge in [-0.2, -0.15) is 4.31 Å². The molecule has 0 aliphatic rings. The summed E-state index contributed by atoms with van der Waals surface area (Å²) in [4.78, 5) is -1.01. The Morgan fingerprint density at radius 2 is 1.89 bits per heavy atom. The lowest BCUT2D eigenvalue weighted by atomic mass is 10.2. The maximum atomic E-state index is 13.5. The van der Waals surface area contributed by atoms with Gasteiger partial charge in [-0.25, -0.2) is 26.0 Å². The number of hydrogen-bond acceptors (Lipinski definition) is 2. The first-order chi connectivity index (χ1) is 8.70. The molecule has 0 atom stereocenters. The maximum absolute atomic E-state index is 13.5. The van der Waals surface area contributed by atoms with Crippen LogP contribution in [0.3, 0.4) is 0 Å². The Morgan fingerprint density at radius 3 is 2.37 bits per heavy atom. The van der Waals surface area contributed by atoms with Crippen molar-refractivity contribution in [2.24, 2.45) is 0 Å². The molecule has 0 aliphatic carbocycles. The predicted molar refractivity (Wildman–Crippen MR) is 61.7 cm³/mol. The monoisotopic (exact) mass is 319 g/mol. The Morgan fingerprint density at radius 1 is 1.32 bits per heavy atom. The fraction of sp³-hybridized carbons (Fsp3) is 0.400. The number of rotatable bonds is 5. The molecule has 1 aromatic carbocycles. The molecule has 1 rings (SSSR count). The van der Waals surface area contributed by atoms with Gasteiger partial charge in [0.05, 0.1) is 6.54 Å². The molecule has 108 valence electrons. The molecule has 0 spiro atoms. The first-order valence-electron chi connectivity index (χ1n) is 4.98. The highest BCUT2D eigenvalue weighted by Crippen LogP contribution is 2.23. The van der Waals surface area contributed by atoms with Crippen molar-refractivity contribution in [1.82, 2.24) is 4.31 Å². The third kappa shape index (κ3) is 3.58. The number of alkyl halides is 3. The van der Waals surface area contributed by atoms with Crippen molar-refractivity contribution in [2.45, 2.75) is 17.2 Å². The minimum Gasteiger partial charge on any atom is -0.209 e. The Kier molecular flexibility index (Phi) is 5.17. The van der Waals surface area contributed by atoms with Crippen LogP contribution in [-0.2, 0) is 15.9 Å². The average Bonchev–Trinajstić information content (AvgIpc) is 2.31. The molecule has 19 heavy (non-hydrogen) atoms. The number of hydrogen-bond donors (Lipinski definition) is 0. The molecule has 0 N–H and O–H groups in total. The van der Waals surface area contributed by atoms with Gasteiger partial charge in [0.2, 0.25) is 10.0 Å². The van der Waals surface area contributed by atoms with E-state index in [1.807, 2.05) is 0 Å². The molecule has 0 aliphatic heterocycles. The molecule has 0 saturated carbocycles. The van der Waals surface area contributed by atoms with Gasteiger partial charge in [0, 0.05) is 12.9 Å². The smallest absolute Gasteiger partial charge is 0.209 e. The van der Waals surface area contributed by atoms with Crippen LogP contribution < -0.4 is 0 Å². The van der Waals surface area contributed by atoms with Crippen LogP contribution >= 0.6 is 11.6 Å². The van der Waals surface area contributed by atoms with Crippen molar-refractivity contribution in [3.63, 3.8) is 0 Å². The number of nitrogens with zero attached hydrogens (tertiary/aromatic N) is 1. The van der Waals surface area contributed by atoms with Gasteiger partial charge in [-0.15, -0.1) is 11.6 Å². The normalized spacial score (nSPS) is 12.4. The topological polar surface area (TPSA) is 37.4 Å². The third-order valence-electron chi connectivity index (χ3n) is 2.29. The molecule has 0 amide bonds. The Labute approximate surface area is 112 Å². The highest BCUT2D eigenvalue weighted by molar-refractivity contribution is 7.89. The summed E-state index contributed by atoms with van der Waals surface area (Å²) in [6.07, 6.45) is -2.93. The van der Waals surface area contributed by atoms with Crippen LogP contribution in [-0.4, -0.2) is 32.7 Å². The number of benzene rings is 1. The predicted octanol–water partition coefficient (Wildman–Crippen LogP) is 2.59. The zero-order valence-corrected chi connectivity index (χ0v) is 11.3. The maximum Gasteiger partial charge on any atom is 0.252 e. The van der Waals surface area contributed by atoms with Crippen molar-refractivity contribution in [2.75, 3.05) is 13.6 Å². The van der Waals surface area contributed by atoms with E-state index < -0.39 is 39.5 Å². The second-order valence-corrected chi connectivity index (χ2v) is 5.98. The average molecular weight is 320 g/mol. The highest BCUT2D eigenvalue weighted by atomic mass is 35.5. The molecule has 0 bridgehead atoms. The minimum atomic E-state index is -4.54. The van der Waals surface area contributed by atoms with Crippen LogP contribution in [0.1, 0.15) is 5.56 Å². The first-order valence-corrected chi connectivity index (χ1v) is 6.96. The standard InChI is InChI=1S/C10H10ClF4NO2S/c1-16(5-9(13)14)19(17,18)8-3-6(4-11)2-7(12)10(8)15/h2-3,9H,4-5H2,1H3. The lowest BCUT2D eigenvalue weighted by molar-refractivity contribution is 0.126. The highest BCUT2D eigenvalue weighted by Gasteiger charge is 2.28. The fourth-order valence-corrected chi connectivity index (χ4v) is 2.77. The molecule has 3 nitrogen and oxygen atoms in total. The lowest BCUT2D eigenvalue weighted by Gasteiger charge is -2.17. The first kappa shape index (κ1) is 16.2. The SMILES string of the molecule is CN(CC(F)F)S(=O)(=O)c1cc(CCl)cc(F)c1F. The Bertz CT molecular complexity index is 565. The lowest BCUT2D eigenvalue weighted by Crippen LogP contribution is -2.32. The van der Waals surface area contributed by atoms with E-state index >= 15 is 0 Å². The largest absolute Gasteiger partial charge is 0.252 e. The van der Waals surface area contributed by atoms with Gasteiger partial charge >= 0.3 is 0 Å². The van der Waals surface area contributed by atoms with Gasteiger partial charge < -0.3 is 0 Å². The summed E-state index contributed by atoms with van der Waals surface area (Å²) < 4.78 is 75.0. The minimum absolute atomic E-state index is 0.0320. The zero-order valence-electron chi connectivity index (χ0n) is 9.71. The summed E-state index contributed by atoms with van der Waals surface area (Å²) >= 11 is 5.42. The van der Waals surface area contributed by atoms with Crippen molar-refractivity contribution in [3.8, 4) is 0 Å². The third-order valence-corrected chi connectivity index (χ3v) is 4.42. The van der Waals surface area contributed by atoms with E-state index in [1.54, 1.807) is 0 Å². The van der Waals surface area contributed by atoms with Crippen LogP contribution in [0.15, 0.2) is 17.0 Å². The van der Waals surface area contributed by atoms with Gasteiger partial charge in [0.15, 0.2) is 11.6 Å². The van der Waals surface area contributed by atoms with E-state index in [0.29, 0.717) is 0 Å². The second-order valence-electron chi connectivity index (χ2n) is 3.70. The molecular formula is C10H10ClF4NO2S. The van der Waals surface area contributed by atoms with Gasteiger partial charge in [-0.05, 0) is 17.7 Å². The zero-order chi connectivity index (χ0) is 14.8. The molecular weight excluding hydrogens is 310 g/mol. The molecule has 0 aromatic heterocycles. The van der Waals surface area contributed by atoms with E-state index in [4.69, 9.17) is 11.6 Å². The summed E-state index contributed by atoms with van der Waals surface area (Å²) in [5, 5.41) is 0. The van der Waals surface area contributed by atoms with Crippen LogP contribution in [0, 0.1) is 11.6 Å². The van der Waals surface area contributed by atoms with Crippen molar-refractivity contribution in [3.05, 3.63) is 29.3 Å². The molecule has 0 unspecified atom stereocenters. The quantitative estimate of drug-likeness (QED) is 0.618. The van der Waals surface area contributed by atoms with E-state index in [1.165, 1.54) is 0 Å². The van der Waals surface area contributed by atoms with E-state index in [2.05, 4.69) is 0 Å². The molecule has 0 fully saturated rings. The van der Waals surface area contributed by atoms with Crippen molar-refractivity contribution in [1.29, 1.82) is 0 Å². The summed E-state index contributed by atoms with van der Waals surface area (Å²) in [5.41, 5.74) is 0.0320. The second kappa shape index (κ2) is 6.06. The van der Waals surface area contributed by atoms with Crippen LogP contribution in [0.25, 0.3) is 0 Å². The Balaban J connectivity index is 3.32. The summed E-state index contributed by atoms with van der Waals surface area (Å²) in [7, 11) is -3.69. The van der Waals surface area contributed by atoms with E-state index in [9.17, 15) is 26.0 Å². The van der Waals surface area contributed by atoms with Crippen molar-refractivity contribution >= 4 is 21.6 Å². The molecule has 1 aromatic rings. The van der Waals surface area contributed by atoms with Crippen LogP contribution in [0.4, 0.5) is 17.6 Å². The van der Waals surface area contributed by atoms with Gasteiger partial charge in [0.1, 0.15) is 4.90 Å². The summed E-state index contributed by atoms with van der Waals surface area (Å²) in [6, 6.07) is 1.57. The van der Waals surface area contributed by atoms with Crippen LogP contribution in [0.5, 0.6) is 0 Å². The van der Waals surface area contributed by atoms with E-state index in [0.717, 1.165) is 19.2 Å². The van der Waals surface area contributed by atoms with Gasteiger partial charge in [-0.1, -0.05) is 0 Å². The summed E-state index contributed by atoms with van der Waals surface area (Å²) in [6.45, 7) is -1.12. The Hall–Kier alpha value is -0.860. The molecule has 0 saturated heterocycles. The number of sulfonamides is 1. The van der Waals surface area contributed by atoms with Crippen LogP contribution in [0.2, 0.25) is 0 Å². The van der Waals surface area contributed by atoms with E-state index in [-0.39, 0.29) is 15.7 Å². The summed E-state index contributed by atoms with van der Waals surface area (Å²) in [5.74, 6) is -3.25. The van der Waals surface area contributed by atoms with Gasteiger partial charge in [-0.3, -0.25) is 0 Å².